The summed E-state index contributed by atoms with van der Waals surface area (Å²) in [6.45, 7) is 6.00. The van der Waals surface area contributed by atoms with Gasteiger partial charge in [-0.05, 0) is 49.1 Å². The Morgan fingerprint density at radius 1 is 1.09 bits per heavy atom. The summed E-state index contributed by atoms with van der Waals surface area (Å²) in [5, 5.41) is 2.85. The number of aromatic amines is 1. The second-order valence-electron chi connectivity index (χ2n) is 8.25. The predicted octanol–water partition coefficient (Wildman–Crippen LogP) is 3.25. The minimum atomic E-state index is -3.53. The van der Waals surface area contributed by atoms with E-state index in [0.29, 0.717) is 35.7 Å². The molecule has 0 saturated carbocycles. The lowest BCUT2D eigenvalue weighted by atomic mass is 10.1. The van der Waals surface area contributed by atoms with Crippen molar-refractivity contribution in [1.29, 1.82) is 0 Å². The summed E-state index contributed by atoms with van der Waals surface area (Å²) in [4.78, 5) is 31.4. The molecule has 0 aliphatic carbocycles. The van der Waals surface area contributed by atoms with Gasteiger partial charge in [-0.3, -0.25) is 9.59 Å². The standard InChI is InChI=1S/C24H28N4O4S/c1-16(2)15-25-33(31,32)21-10-7-18(8-11-21)9-12-22(29)27-20-6-4-5-19(14-20)24-26-17(3)13-23(30)28-24/h4-8,10-11,13-14,16,25H,9,12,15H2,1-3H3,(H,27,29)(H,26,28,30). The molecule has 0 radical (unpaired) electrons. The third-order valence-electron chi connectivity index (χ3n) is 4.85. The van der Waals surface area contributed by atoms with Crippen LogP contribution in [0.15, 0.2) is 64.3 Å². The van der Waals surface area contributed by atoms with E-state index in [1.165, 1.54) is 6.07 Å². The maximum atomic E-state index is 12.4. The quantitative estimate of drug-likeness (QED) is 0.445. The number of carbonyl (C=O) groups excluding carboxylic acids is 1. The molecule has 33 heavy (non-hydrogen) atoms. The summed E-state index contributed by atoms with van der Waals surface area (Å²) in [5.74, 6) is 0.482. The number of aryl methyl sites for hydroxylation is 2. The van der Waals surface area contributed by atoms with Crippen molar-refractivity contribution < 1.29 is 13.2 Å². The second kappa shape index (κ2) is 10.5. The number of benzene rings is 2. The highest BCUT2D eigenvalue weighted by molar-refractivity contribution is 7.89. The van der Waals surface area contributed by atoms with Crippen LogP contribution in [-0.2, 0) is 21.2 Å². The fraction of sp³-hybridized carbons (Fsp3) is 0.292. The summed E-state index contributed by atoms with van der Waals surface area (Å²) < 4.78 is 27.1. The summed E-state index contributed by atoms with van der Waals surface area (Å²) in [7, 11) is -3.53. The van der Waals surface area contributed by atoms with E-state index >= 15 is 0 Å². The number of nitrogens with one attached hydrogen (secondary N) is 3. The number of hydrogen-bond acceptors (Lipinski definition) is 5. The van der Waals surface area contributed by atoms with Gasteiger partial charge >= 0.3 is 0 Å². The molecule has 1 heterocycles. The first-order chi connectivity index (χ1) is 15.6. The van der Waals surface area contributed by atoms with Crippen molar-refractivity contribution in [3.05, 3.63) is 76.2 Å². The third-order valence-corrected chi connectivity index (χ3v) is 6.28. The number of sulfonamides is 1. The fourth-order valence-electron chi connectivity index (χ4n) is 3.14. The molecule has 0 aliphatic rings. The van der Waals surface area contributed by atoms with E-state index in [2.05, 4.69) is 20.0 Å². The Morgan fingerprint density at radius 3 is 2.48 bits per heavy atom. The smallest absolute Gasteiger partial charge is 0.251 e. The van der Waals surface area contributed by atoms with Crippen LogP contribution < -0.4 is 15.6 Å². The zero-order chi connectivity index (χ0) is 24.0. The Balaban J connectivity index is 1.59. The van der Waals surface area contributed by atoms with E-state index in [-0.39, 0.29) is 28.7 Å². The maximum Gasteiger partial charge on any atom is 0.251 e. The molecule has 2 aromatic carbocycles. The molecule has 0 aliphatic heterocycles. The molecule has 1 aromatic heterocycles. The van der Waals surface area contributed by atoms with Crippen molar-refractivity contribution in [2.24, 2.45) is 5.92 Å². The lowest BCUT2D eigenvalue weighted by molar-refractivity contribution is -0.116. The second-order valence-corrected chi connectivity index (χ2v) is 10.0. The maximum absolute atomic E-state index is 12.4. The molecular weight excluding hydrogens is 440 g/mol. The topological polar surface area (TPSA) is 121 Å². The first kappa shape index (κ1) is 24.3. The molecule has 0 saturated heterocycles. The SMILES string of the molecule is Cc1cc(=O)[nH]c(-c2cccc(NC(=O)CCc3ccc(S(=O)(=O)NCC(C)C)cc3)c2)n1. The number of anilines is 1. The molecule has 3 rings (SSSR count). The normalized spacial score (nSPS) is 11.5. The summed E-state index contributed by atoms with van der Waals surface area (Å²) in [6.07, 6.45) is 0.708. The monoisotopic (exact) mass is 468 g/mol. The van der Waals surface area contributed by atoms with Gasteiger partial charge in [-0.25, -0.2) is 18.1 Å². The van der Waals surface area contributed by atoms with Crippen molar-refractivity contribution in [2.75, 3.05) is 11.9 Å². The Morgan fingerprint density at radius 2 is 1.82 bits per heavy atom. The Hall–Kier alpha value is -3.30. The number of aromatic nitrogens is 2. The minimum absolute atomic E-state index is 0.173. The molecule has 0 spiro atoms. The van der Waals surface area contributed by atoms with Crippen LogP contribution in [0.25, 0.3) is 11.4 Å². The van der Waals surface area contributed by atoms with Crippen LogP contribution in [-0.4, -0.2) is 30.8 Å². The van der Waals surface area contributed by atoms with Gasteiger partial charge in [-0.1, -0.05) is 38.1 Å². The molecule has 0 fully saturated rings. The van der Waals surface area contributed by atoms with E-state index in [9.17, 15) is 18.0 Å². The first-order valence-corrected chi connectivity index (χ1v) is 12.2. The van der Waals surface area contributed by atoms with E-state index in [1.54, 1.807) is 55.5 Å². The van der Waals surface area contributed by atoms with E-state index < -0.39 is 10.0 Å². The lowest BCUT2D eigenvalue weighted by Gasteiger charge is -2.10. The van der Waals surface area contributed by atoms with Gasteiger partial charge in [0.1, 0.15) is 5.82 Å². The van der Waals surface area contributed by atoms with Gasteiger partial charge in [-0.2, -0.15) is 0 Å². The highest BCUT2D eigenvalue weighted by Gasteiger charge is 2.14. The number of rotatable bonds is 9. The molecule has 0 bridgehead atoms. The number of amides is 1. The Labute approximate surface area is 193 Å². The van der Waals surface area contributed by atoms with Crippen molar-refractivity contribution in [3.63, 3.8) is 0 Å². The van der Waals surface area contributed by atoms with Crippen LogP contribution in [0, 0.1) is 12.8 Å². The number of nitrogens with zero attached hydrogens (tertiary/aromatic N) is 1. The molecule has 8 nitrogen and oxygen atoms in total. The Kier molecular flexibility index (Phi) is 7.78. The predicted molar refractivity (Wildman–Crippen MR) is 128 cm³/mol. The average molecular weight is 469 g/mol. The van der Waals surface area contributed by atoms with Crippen LogP contribution >= 0.6 is 0 Å². The van der Waals surface area contributed by atoms with Crippen LogP contribution in [0.1, 0.15) is 31.5 Å². The molecule has 0 atom stereocenters. The number of hydrogen-bond donors (Lipinski definition) is 3. The van der Waals surface area contributed by atoms with Gasteiger partial charge in [0.2, 0.25) is 15.9 Å². The van der Waals surface area contributed by atoms with Gasteiger partial charge in [0.05, 0.1) is 4.90 Å². The Bertz CT molecular complexity index is 1280. The largest absolute Gasteiger partial charge is 0.326 e. The lowest BCUT2D eigenvalue weighted by Crippen LogP contribution is -2.27. The van der Waals surface area contributed by atoms with Gasteiger partial charge in [-0.15, -0.1) is 0 Å². The zero-order valence-corrected chi connectivity index (χ0v) is 19.7. The van der Waals surface area contributed by atoms with E-state index in [0.717, 1.165) is 5.56 Å². The van der Waals surface area contributed by atoms with Crippen LogP contribution in [0.4, 0.5) is 5.69 Å². The van der Waals surface area contributed by atoms with Gasteiger partial charge < -0.3 is 10.3 Å². The fourth-order valence-corrected chi connectivity index (χ4v) is 4.35. The van der Waals surface area contributed by atoms with Gasteiger partial charge in [0.15, 0.2) is 0 Å². The molecule has 174 valence electrons. The molecule has 3 aromatic rings. The molecule has 1 amide bonds. The van der Waals surface area contributed by atoms with E-state index in [1.807, 2.05) is 13.8 Å². The highest BCUT2D eigenvalue weighted by Crippen LogP contribution is 2.19. The molecule has 3 N–H and O–H groups in total. The van der Waals surface area contributed by atoms with Crippen molar-refractivity contribution >= 4 is 21.6 Å². The van der Waals surface area contributed by atoms with Gasteiger partial charge in [0, 0.05) is 36.0 Å². The number of carbonyl (C=O) groups is 1. The zero-order valence-electron chi connectivity index (χ0n) is 18.9. The van der Waals surface area contributed by atoms with Crippen LogP contribution in [0.5, 0.6) is 0 Å². The summed E-state index contributed by atoms with van der Waals surface area (Å²) in [5.41, 5.74) is 2.53. The number of H-pyrrole nitrogens is 1. The first-order valence-electron chi connectivity index (χ1n) is 10.7. The van der Waals surface area contributed by atoms with Crippen molar-refractivity contribution in [3.8, 4) is 11.4 Å². The minimum Gasteiger partial charge on any atom is -0.326 e. The molecule has 9 heteroatoms. The van der Waals surface area contributed by atoms with Crippen molar-refractivity contribution in [1.82, 2.24) is 14.7 Å². The van der Waals surface area contributed by atoms with E-state index in [4.69, 9.17) is 0 Å². The van der Waals surface area contributed by atoms with Crippen molar-refractivity contribution in [2.45, 2.75) is 38.5 Å². The highest BCUT2D eigenvalue weighted by atomic mass is 32.2. The molecular formula is C24H28N4O4S. The van der Waals surface area contributed by atoms with Gasteiger partial charge in [0.25, 0.3) is 5.56 Å². The average Bonchev–Trinajstić information content (AvgIpc) is 2.76. The van der Waals surface area contributed by atoms with Crippen LogP contribution in [0.2, 0.25) is 0 Å². The summed E-state index contributed by atoms with van der Waals surface area (Å²) in [6, 6.07) is 15.1. The summed E-state index contributed by atoms with van der Waals surface area (Å²) >= 11 is 0. The van der Waals surface area contributed by atoms with Crippen LogP contribution in [0.3, 0.4) is 0 Å². The third kappa shape index (κ3) is 7.10. The molecule has 0 unspecified atom stereocenters.